The molecule has 0 aromatic heterocycles. The maximum absolute atomic E-state index is 13.2. The molecule has 33 heavy (non-hydrogen) atoms. The molecule has 2 heterocycles. The first kappa shape index (κ1) is 22.7. The molecule has 2 aromatic rings. The Morgan fingerprint density at radius 2 is 1.73 bits per heavy atom. The lowest BCUT2D eigenvalue weighted by molar-refractivity contribution is -0.140. The van der Waals surface area contributed by atoms with Gasteiger partial charge in [-0.15, -0.1) is 0 Å². The van der Waals surface area contributed by atoms with Crippen LogP contribution in [0.5, 0.6) is 17.2 Å². The number of rotatable bonds is 7. The van der Waals surface area contributed by atoms with Crippen LogP contribution in [0.25, 0.3) is 5.76 Å². The highest BCUT2D eigenvalue weighted by Crippen LogP contribution is 2.44. The summed E-state index contributed by atoms with van der Waals surface area (Å²) < 4.78 is 21.8. The van der Waals surface area contributed by atoms with Gasteiger partial charge in [0.2, 0.25) is 0 Å². The summed E-state index contributed by atoms with van der Waals surface area (Å²) in [5, 5.41) is 11.2. The zero-order chi connectivity index (χ0) is 23.5. The number of methoxy groups -OCH3 is 3. The van der Waals surface area contributed by atoms with Gasteiger partial charge in [0.25, 0.3) is 11.7 Å². The van der Waals surface area contributed by atoms with Crippen molar-refractivity contribution in [3.8, 4) is 17.2 Å². The third-order valence-corrected chi connectivity index (χ3v) is 6.06. The van der Waals surface area contributed by atoms with E-state index < -0.39 is 17.7 Å². The van der Waals surface area contributed by atoms with Gasteiger partial charge in [0.15, 0.2) is 0 Å². The maximum Gasteiger partial charge on any atom is 0.295 e. The number of carbonyl (C=O) groups excluding carboxylic acids is 2. The second kappa shape index (κ2) is 9.54. The van der Waals surface area contributed by atoms with Crippen LogP contribution in [0.1, 0.15) is 30.0 Å². The van der Waals surface area contributed by atoms with Crippen LogP contribution in [-0.4, -0.2) is 62.3 Å². The van der Waals surface area contributed by atoms with Crippen molar-refractivity contribution in [3.63, 3.8) is 0 Å². The van der Waals surface area contributed by atoms with Crippen molar-refractivity contribution in [1.82, 2.24) is 4.90 Å². The molecule has 2 atom stereocenters. The van der Waals surface area contributed by atoms with Crippen molar-refractivity contribution in [1.29, 1.82) is 0 Å². The number of aliphatic hydroxyl groups excluding tert-OH is 1. The van der Waals surface area contributed by atoms with Crippen LogP contribution in [-0.2, 0) is 14.3 Å². The number of carbonyl (C=O) groups is 2. The summed E-state index contributed by atoms with van der Waals surface area (Å²) in [6.07, 6.45) is 1.51. The molecule has 2 aliphatic rings. The average molecular weight is 453 g/mol. The Bertz CT molecular complexity index is 1070. The summed E-state index contributed by atoms with van der Waals surface area (Å²) in [7, 11) is 4.59. The molecule has 174 valence electrons. The van der Waals surface area contributed by atoms with E-state index in [1.807, 2.05) is 0 Å². The van der Waals surface area contributed by atoms with Gasteiger partial charge in [-0.2, -0.15) is 0 Å². The molecule has 8 nitrogen and oxygen atoms in total. The Kier molecular flexibility index (Phi) is 6.55. The van der Waals surface area contributed by atoms with Gasteiger partial charge in [0.1, 0.15) is 23.0 Å². The van der Waals surface area contributed by atoms with Crippen LogP contribution in [0, 0.1) is 0 Å². The second-order valence-electron chi connectivity index (χ2n) is 7.92. The van der Waals surface area contributed by atoms with Crippen molar-refractivity contribution in [2.75, 3.05) is 34.5 Å². The summed E-state index contributed by atoms with van der Waals surface area (Å²) in [6, 6.07) is 11.0. The molecule has 2 fully saturated rings. The number of hydrogen-bond acceptors (Lipinski definition) is 7. The SMILES string of the molecule is COc1ccc(C(O)=C2C(=O)C(=O)N(C[C@H]3CCCO3)[C@@H]2c2cc(OC)ccc2OC)cc1. The minimum Gasteiger partial charge on any atom is -0.507 e. The fourth-order valence-electron chi connectivity index (χ4n) is 4.36. The smallest absolute Gasteiger partial charge is 0.295 e. The minimum absolute atomic E-state index is 0.00489. The zero-order valence-electron chi connectivity index (χ0n) is 18.9. The molecular formula is C25H27NO7. The predicted molar refractivity (Wildman–Crippen MR) is 121 cm³/mol. The molecule has 0 spiro atoms. The first-order valence-electron chi connectivity index (χ1n) is 10.7. The molecule has 0 unspecified atom stereocenters. The number of nitrogens with zero attached hydrogens (tertiary/aromatic N) is 1. The quantitative estimate of drug-likeness (QED) is 0.390. The van der Waals surface area contributed by atoms with Crippen molar-refractivity contribution in [3.05, 3.63) is 59.2 Å². The summed E-state index contributed by atoms with van der Waals surface area (Å²) >= 11 is 0. The molecule has 2 aromatic carbocycles. The first-order chi connectivity index (χ1) is 16.0. The highest BCUT2D eigenvalue weighted by atomic mass is 16.5. The Morgan fingerprint density at radius 1 is 1.03 bits per heavy atom. The van der Waals surface area contributed by atoms with Gasteiger partial charge in [-0.25, -0.2) is 0 Å². The van der Waals surface area contributed by atoms with Crippen molar-refractivity contribution in [2.45, 2.75) is 25.0 Å². The highest BCUT2D eigenvalue weighted by Gasteiger charge is 2.48. The van der Waals surface area contributed by atoms with Gasteiger partial charge < -0.3 is 29.0 Å². The van der Waals surface area contributed by atoms with Gasteiger partial charge in [-0.3, -0.25) is 9.59 Å². The van der Waals surface area contributed by atoms with Crippen LogP contribution in [0.2, 0.25) is 0 Å². The Morgan fingerprint density at radius 3 is 2.33 bits per heavy atom. The molecule has 4 rings (SSSR count). The highest BCUT2D eigenvalue weighted by molar-refractivity contribution is 6.46. The normalized spacial score (nSPS) is 22.0. The van der Waals surface area contributed by atoms with E-state index in [1.54, 1.807) is 49.6 Å². The molecule has 0 aliphatic carbocycles. The molecule has 1 amide bonds. The van der Waals surface area contributed by atoms with E-state index >= 15 is 0 Å². The number of aliphatic hydroxyl groups is 1. The van der Waals surface area contributed by atoms with E-state index in [9.17, 15) is 14.7 Å². The third-order valence-electron chi connectivity index (χ3n) is 6.06. The van der Waals surface area contributed by atoms with E-state index in [-0.39, 0.29) is 24.0 Å². The van der Waals surface area contributed by atoms with E-state index in [0.717, 1.165) is 12.8 Å². The topological polar surface area (TPSA) is 94.5 Å². The number of ketones is 1. The molecule has 1 N–H and O–H groups in total. The Hall–Kier alpha value is -3.52. The molecule has 0 saturated carbocycles. The van der Waals surface area contributed by atoms with Crippen molar-refractivity contribution in [2.24, 2.45) is 0 Å². The molecule has 0 radical (unpaired) electrons. The predicted octanol–water partition coefficient (Wildman–Crippen LogP) is 3.31. The maximum atomic E-state index is 13.2. The Balaban J connectivity index is 1.88. The van der Waals surface area contributed by atoms with Crippen molar-refractivity contribution < 1.29 is 33.6 Å². The second-order valence-corrected chi connectivity index (χ2v) is 7.92. The number of amides is 1. The first-order valence-corrected chi connectivity index (χ1v) is 10.7. The van der Waals surface area contributed by atoms with E-state index in [1.165, 1.54) is 19.1 Å². The van der Waals surface area contributed by atoms with Crippen LogP contribution in [0.3, 0.4) is 0 Å². The number of hydrogen-bond donors (Lipinski definition) is 1. The van der Waals surface area contributed by atoms with Crippen molar-refractivity contribution >= 4 is 17.4 Å². The molecular weight excluding hydrogens is 426 g/mol. The standard InChI is InChI=1S/C25H27NO7/c1-30-16-8-6-15(7-9-16)23(27)21-22(19-13-17(31-2)10-11-20(19)32-3)26(25(29)24(21)28)14-18-5-4-12-33-18/h6-11,13,18,22,27H,4-5,12,14H2,1-3H3/t18-,22-/m1/s1. The number of ether oxygens (including phenoxy) is 4. The lowest BCUT2D eigenvalue weighted by Gasteiger charge is -2.28. The van der Waals surface area contributed by atoms with Gasteiger partial charge in [-0.05, 0) is 55.3 Å². The fourth-order valence-corrected chi connectivity index (χ4v) is 4.36. The van der Waals surface area contributed by atoms with Gasteiger partial charge in [0.05, 0.1) is 39.0 Å². The summed E-state index contributed by atoms with van der Waals surface area (Å²) in [4.78, 5) is 27.8. The number of benzene rings is 2. The zero-order valence-corrected chi connectivity index (χ0v) is 18.9. The summed E-state index contributed by atoms with van der Waals surface area (Å²) in [5.74, 6) is -0.0811. The number of likely N-dealkylation sites (tertiary alicyclic amines) is 1. The lowest BCUT2D eigenvalue weighted by Crippen LogP contribution is -2.36. The number of Topliss-reactive ketones (excluding diaryl/α,β-unsaturated/α-hetero) is 1. The van der Waals surface area contributed by atoms with Crippen LogP contribution in [0.15, 0.2) is 48.0 Å². The lowest BCUT2D eigenvalue weighted by atomic mass is 9.94. The van der Waals surface area contributed by atoms with E-state index in [2.05, 4.69) is 0 Å². The van der Waals surface area contributed by atoms with E-state index in [4.69, 9.17) is 18.9 Å². The van der Waals surface area contributed by atoms with Gasteiger partial charge in [0, 0.05) is 24.3 Å². The summed E-state index contributed by atoms with van der Waals surface area (Å²) in [6.45, 7) is 0.850. The third kappa shape index (κ3) is 4.26. The molecule has 2 aliphatic heterocycles. The molecule has 8 heteroatoms. The molecule has 2 saturated heterocycles. The fraction of sp³-hybridized carbons (Fsp3) is 0.360. The monoisotopic (exact) mass is 453 g/mol. The Labute approximate surface area is 192 Å². The van der Waals surface area contributed by atoms with E-state index in [0.29, 0.717) is 35.0 Å². The molecule has 0 bridgehead atoms. The van der Waals surface area contributed by atoms with Crippen LogP contribution < -0.4 is 14.2 Å². The van der Waals surface area contributed by atoms with Gasteiger partial charge >= 0.3 is 0 Å². The van der Waals surface area contributed by atoms with Gasteiger partial charge in [-0.1, -0.05) is 0 Å². The minimum atomic E-state index is -0.860. The van der Waals surface area contributed by atoms with Crippen LogP contribution in [0.4, 0.5) is 0 Å². The average Bonchev–Trinajstić information content (AvgIpc) is 3.45. The van der Waals surface area contributed by atoms with Crippen LogP contribution >= 0.6 is 0 Å². The largest absolute Gasteiger partial charge is 0.507 e. The summed E-state index contributed by atoms with van der Waals surface area (Å²) in [5.41, 5.74) is 0.941.